The Morgan fingerprint density at radius 3 is 2.20 bits per heavy atom. The van der Waals surface area contributed by atoms with Crippen LogP contribution in [-0.4, -0.2) is 98.3 Å². The number of ether oxygens (including phenoxy) is 7. The molecule has 0 saturated carbocycles. The Labute approximate surface area is 315 Å². The maximum atomic E-state index is 13.7. The van der Waals surface area contributed by atoms with Crippen LogP contribution in [-0.2, 0) is 58.8 Å². The van der Waals surface area contributed by atoms with Crippen LogP contribution >= 0.6 is 11.6 Å². The third kappa shape index (κ3) is 8.98. The highest BCUT2D eigenvalue weighted by Crippen LogP contribution is 2.44. The summed E-state index contributed by atoms with van der Waals surface area (Å²) < 4.78 is 41.1. The summed E-state index contributed by atoms with van der Waals surface area (Å²) in [4.78, 5) is 77.9. The van der Waals surface area contributed by atoms with Gasteiger partial charge in [0, 0.05) is 26.0 Å². The van der Waals surface area contributed by atoms with E-state index in [1.54, 1.807) is 45.0 Å². The molecule has 4 rings (SSSR count). The zero-order chi connectivity index (χ0) is 40.0. The second-order valence-electron chi connectivity index (χ2n) is 12.9. The molecule has 0 spiro atoms. The van der Waals surface area contributed by atoms with Gasteiger partial charge in [0.1, 0.15) is 11.7 Å². The number of esters is 4. The van der Waals surface area contributed by atoms with Crippen LogP contribution in [0.25, 0.3) is 11.2 Å². The number of imidazole rings is 1. The zero-order valence-corrected chi connectivity index (χ0v) is 31.4. The van der Waals surface area contributed by atoms with Gasteiger partial charge in [-0.25, -0.2) is 19.4 Å². The fraction of sp³-hybridized carbons (Fsp3) is 0.486. The first-order valence-corrected chi connectivity index (χ1v) is 17.0. The average Bonchev–Trinajstić information content (AvgIpc) is 3.61. The Kier molecular flexibility index (Phi) is 12.7. The van der Waals surface area contributed by atoms with E-state index in [0.29, 0.717) is 11.3 Å². The molecule has 18 nitrogen and oxygen atoms in total. The fourth-order valence-corrected chi connectivity index (χ4v) is 5.76. The second-order valence-corrected chi connectivity index (χ2v) is 13.2. The molecule has 3 heterocycles. The quantitative estimate of drug-likeness (QED) is 0.0634. The molecule has 3 N–H and O–H groups in total. The van der Waals surface area contributed by atoms with Crippen molar-refractivity contribution < 1.29 is 57.1 Å². The molecule has 3 aromatic rings. The summed E-state index contributed by atoms with van der Waals surface area (Å²) in [5, 5.41) is 2.14. The molecule has 0 bridgehead atoms. The monoisotopic (exact) mass is 772 g/mol. The van der Waals surface area contributed by atoms with E-state index < -0.39 is 71.8 Å². The van der Waals surface area contributed by atoms with Crippen molar-refractivity contribution in [3.05, 3.63) is 41.4 Å². The summed E-state index contributed by atoms with van der Waals surface area (Å²) in [7, 11) is 0. The maximum Gasteiger partial charge on any atom is 0.413 e. The van der Waals surface area contributed by atoms with E-state index in [1.165, 1.54) is 24.7 Å². The molecule has 1 aliphatic heterocycles. The van der Waals surface area contributed by atoms with Gasteiger partial charge in [-0.3, -0.25) is 19.5 Å². The minimum absolute atomic E-state index is 0.000986. The van der Waals surface area contributed by atoms with E-state index in [9.17, 15) is 24.0 Å². The van der Waals surface area contributed by atoms with Gasteiger partial charge in [0.25, 0.3) is 5.60 Å². The lowest BCUT2D eigenvalue weighted by molar-refractivity contribution is -0.200. The molecule has 54 heavy (non-hydrogen) atoms. The number of benzene rings is 1. The number of aromatic nitrogens is 4. The fourth-order valence-electron chi connectivity index (χ4n) is 5.60. The topological polar surface area (TPSA) is 232 Å². The average molecular weight is 773 g/mol. The molecule has 4 atom stereocenters. The Morgan fingerprint density at radius 1 is 1.04 bits per heavy atom. The van der Waals surface area contributed by atoms with Crippen LogP contribution < -0.4 is 11.1 Å². The first-order valence-electron chi connectivity index (χ1n) is 16.6. The molecule has 0 unspecified atom stereocenters. The molecule has 1 aliphatic rings. The van der Waals surface area contributed by atoms with Crippen molar-refractivity contribution in [1.82, 2.24) is 19.5 Å². The maximum absolute atomic E-state index is 13.7. The predicted molar refractivity (Wildman–Crippen MR) is 189 cm³/mol. The number of hydrogen-bond acceptors (Lipinski definition) is 16. The van der Waals surface area contributed by atoms with Gasteiger partial charge < -0.3 is 38.9 Å². The molecule has 1 amide bonds. The number of halogens is 1. The van der Waals surface area contributed by atoms with Crippen LogP contribution in [0.15, 0.2) is 30.6 Å². The van der Waals surface area contributed by atoms with Crippen molar-refractivity contribution in [2.45, 2.75) is 90.1 Å². The normalized spacial score (nSPS) is 19.7. The van der Waals surface area contributed by atoms with E-state index in [0.717, 1.165) is 13.8 Å². The van der Waals surface area contributed by atoms with Gasteiger partial charge in [-0.1, -0.05) is 18.1 Å². The summed E-state index contributed by atoms with van der Waals surface area (Å²) in [6.07, 6.45) is 1.33. The lowest BCUT2D eigenvalue weighted by Gasteiger charge is -2.35. The van der Waals surface area contributed by atoms with Gasteiger partial charge in [-0.15, -0.1) is 6.42 Å². The molecule has 0 aliphatic carbocycles. The summed E-state index contributed by atoms with van der Waals surface area (Å²) in [6.45, 7) is 9.21. The van der Waals surface area contributed by atoms with E-state index >= 15 is 0 Å². The van der Waals surface area contributed by atoms with Gasteiger partial charge >= 0.3 is 30.0 Å². The molecule has 290 valence electrons. The van der Waals surface area contributed by atoms with Crippen molar-refractivity contribution in [1.29, 1.82) is 0 Å². The number of nitrogens with two attached hydrogens (primary N) is 1. The number of terminal acetylenes is 1. The number of fused-ring (bicyclic) bond motifs is 1. The van der Waals surface area contributed by atoms with Gasteiger partial charge in [0.2, 0.25) is 17.0 Å². The van der Waals surface area contributed by atoms with Gasteiger partial charge in [-0.05, 0) is 63.9 Å². The number of rotatable bonds is 13. The highest BCUT2D eigenvalue weighted by atomic mass is 35.5. The number of anilines is 2. The van der Waals surface area contributed by atoms with Crippen LogP contribution in [0.1, 0.15) is 60.3 Å². The number of hydrogen-bond donors (Lipinski definition) is 2. The first-order chi connectivity index (χ1) is 25.4. The van der Waals surface area contributed by atoms with Crippen molar-refractivity contribution in [2.75, 3.05) is 30.9 Å². The first kappa shape index (κ1) is 41.2. The molecule has 1 saturated heterocycles. The predicted octanol–water partition coefficient (Wildman–Crippen LogP) is 3.30. The third-order valence-electron chi connectivity index (χ3n) is 7.71. The van der Waals surface area contributed by atoms with Crippen LogP contribution in [0, 0.1) is 12.3 Å². The van der Waals surface area contributed by atoms with Crippen LogP contribution in [0.2, 0.25) is 5.28 Å². The van der Waals surface area contributed by atoms with Gasteiger partial charge in [-0.2, -0.15) is 9.97 Å². The Morgan fingerprint density at radius 2 is 1.67 bits per heavy atom. The number of carbonyl (C=O) groups excluding carboxylic acids is 5. The summed E-state index contributed by atoms with van der Waals surface area (Å²) in [5.74, 6) is -1.71. The highest BCUT2D eigenvalue weighted by molar-refractivity contribution is 6.28. The van der Waals surface area contributed by atoms with Crippen molar-refractivity contribution in [3.8, 4) is 12.3 Å². The van der Waals surface area contributed by atoms with Gasteiger partial charge in [0.15, 0.2) is 23.2 Å². The Bertz CT molecular complexity index is 1920. The molecule has 1 fully saturated rings. The van der Waals surface area contributed by atoms with Gasteiger partial charge in [0.05, 0.1) is 26.1 Å². The van der Waals surface area contributed by atoms with E-state index in [-0.39, 0.29) is 41.9 Å². The van der Waals surface area contributed by atoms with E-state index in [2.05, 4.69) is 26.2 Å². The lowest BCUT2D eigenvalue weighted by Crippen LogP contribution is -2.57. The number of nitrogen functional groups attached to an aromatic ring is 1. The van der Waals surface area contributed by atoms with Crippen LogP contribution in [0.3, 0.4) is 0 Å². The molecular formula is C35H41ClN6O12. The molecule has 19 heteroatoms. The second kappa shape index (κ2) is 16.7. The van der Waals surface area contributed by atoms with E-state index in [4.69, 9.17) is 56.9 Å². The molecule has 2 aromatic heterocycles. The Balaban J connectivity index is 1.85. The Hall–Kier alpha value is -5.51. The molecule has 0 radical (unpaired) electrons. The largest absolute Gasteiger partial charge is 0.463 e. The van der Waals surface area contributed by atoms with Crippen molar-refractivity contribution in [3.63, 3.8) is 0 Å². The highest BCUT2D eigenvalue weighted by Gasteiger charge is 2.63. The van der Waals surface area contributed by atoms with Crippen molar-refractivity contribution in [2.24, 2.45) is 0 Å². The lowest BCUT2D eigenvalue weighted by atomic mass is 9.91. The zero-order valence-electron chi connectivity index (χ0n) is 30.7. The van der Waals surface area contributed by atoms with E-state index in [1.807, 2.05) is 0 Å². The standard InChI is InChI=1S/C35H41ClN6O12/c1-9-34(53-20(5)44)23(17-50-35(29(45)48-10-2,30(46)49-11-3)16-21-12-14-22(37)15-13-21)52-28(25(34)51-19(4)43)42-18-38-24-26(39-31(36)41-27(24)42)40-32(47)54-33(6,7)8/h1,12-15,18,23,25,28H,10-11,16-17,37H2,2-8H3,(H,39,40,41,47)/t23-,25+,28-,34-/m1/s1. The SMILES string of the molecule is C#C[C@@]1(OC(C)=O)[C@@H](COC(Cc2ccc(N)cc2)(C(=O)OCC)C(=O)OCC)O[C@@H](n2cnc3c(NC(=O)OC(C)(C)C)nc(Cl)nc32)[C@@H]1OC(C)=O. The summed E-state index contributed by atoms with van der Waals surface area (Å²) in [5.41, 5.74) is 1.11. The summed E-state index contributed by atoms with van der Waals surface area (Å²) in [6, 6.07) is 6.29. The molecular weight excluding hydrogens is 732 g/mol. The number of amides is 1. The number of nitrogens with one attached hydrogen (secondary N) is 1. The summed E-state index contributed by atoms with van der Waals surface area (Å²) >= 11 is 6.27. The third-order valence-corrected chi connectivity index (χ3v) is 7.88. The minimum Gasteiger partial charge on any atom is -0.463 e. The van der Waals surface area contributed by atoms with Crippen LogP contribution in [0.4, 0.5) is 16.3 Å². The van der Waals surface area contributed by atoms with Crippen LogP contribution in [0.5, 0.6) is 0 Å². The smallest absolute Gasteiger partial charge is 0.413 e. The molecule has 1 aromatic carbocycles. The van der Waals surface area contributed by atoms with Crippen molar-refractivity contribution >= 4 is 64.2 Å². The minimum atomic E-state index is -2.44. The number of nitrogens with zero attached hydrogens (tertiary/aromatic N) is 4. The number of carbonyl (C=O) groups is 5.